The lowest BCUT2D eigenvalue weighted by atomic mass is 9.96. The zero-order valence-electron chi connectivity index (χ0n) is 15.2. The molecule has 2 N–H and O–H groups in total. The largest absolute Gasteiger partial charge is 0.491 e. The van der Waals surface area contributed by atoms with Gasteiger partial charge in [-0.3, -0.25) is 0 Å². The van der Waals surface area contributed by atoms with E-state index < -0.39 is 6.10 Å². The van der Waals surface area contributed by atoms with Crippen molar-refractivity contribution in [2.24, 2.45) is 0 Å². The zero-order valence-corrected chi connectivity index (χ0v) is 15.2. The maximum absolute atomic E-state index is 10.3. The summed E-state index contributed by atoms with van der Waals surface area (Å²) >= 11 is 0. The fourth-order valence-electron chi connectivity index (χ4n) is 3.53. The van der Waals surface area contributed by atoms with E-state index in [-0.39, 0.29) is 12.1 Å². The molecule has 136 valence electrons. The lowest BCUT2D eigenvalue weighted by Gasteiger charge is -2.28. The number of aromatic nitrogens is 2. The van der Waals surface area contributed by atoms with Gasteiger partial charge in [-0.2, -0.15) is 4.98 Å². The number of rotatable bonds is 7. The summed E-state index contributed by atoms with van der Waals surface area (Å²) in [6, 6.07) is 6.06. The molecule has 2 aromatic rings. The quantitative estimate of drug-likeness (QED) is 0.803. The number of ether oxygens (including phenoxy) is 1. The minimum atomic E-state index is -0.605. The van der Waals surface area contributed by atoms with E-state index in [1.54, 1.807) is 6.92 Å². The van der Waals surface area contributed by atoms with Crippen molar-refractivity contribution in [2.75, 3.05) is 13.2 Å². The van der Waals surface area contributed by atoms with E-state index in [9.17, 15) is 5.11 Å². The fraction of sp³-hybridized carbons (Fsp3) is 0.579. The predicted octanol–water partition coefficient (Wildman–Crippen LogP) is 2.79. The molecule has 1 aromatic heterocycles. The molecular formula is C19H27N3O3. The first-order valence-electron chi connectivity index (χ1n) is 8.92. The first kappa shape index (κ1) is 17.9. The van der Waals surface area contributed by atoms with Gasteiger partial charge in [0.1, 0.15) is 18.5 Å². The van der Waals surface area contributed by atoms with Gasteiger partial charge in [0.25, 0.3) is 0 Å². The van der Waals surface area contributed by atoms with Crippen molar-refractivity contribution in [3.8, 4) is 5.75 Å². The van der Waals surface area contributed by atoms with Crippen molar-refractivity contribution in [1.29, 1.82) is 0 Å². The van der Waals surface area contributed by atoms with Gasteiger partial charge in [0.2, 0.25) is 5.89 Å². The number of nitrogens with zero attached hydrogens (tertiary/aromatic N) is 2. The van der Waals surface area contributed by atoms with Gasteiger partial charge < -0.3 is 19.7 Å². The highest BCUT2D eigenvalue weighted by molar-refractivity contribution is 5.33. The van der Waals surface area contributed by atoms with Crippen molar-refractivity contribution in [1.82, 2.24) is 15.5 Å². The number of aryl methyl sites for hydroxylation is 3. The lowest BCUT2D eigenvalue weighted by molar-refractivity contribution is 0.0949. The van der Waals surface area contributed by atoms with E-state index in [1.807, 2.05) is 26.0 Å². The Morgan fingerprint density at radius 3 is 2.48 bits per heavy atom. The van der Waals surface area contributed by atoms with Crippen LogP contribution < -0.4 is 10.1 Å². The lowest BCUT2D eigenvalue weighted by Crippen LogP contribution is -2.45. The average Bonchev–Trinajstić information content (AvgIpc) is 3.20. The molecule has 6 nitrogen and oxygen atoms in total. The summed E-state index contributed by atoms with van der Waals surface area (Å²) in [6.07, 6.45) is 3.55. The molecule has 1 atom stereocenters. The summed E-state index contributed by atoms with van der Waals surface area (Å²) < 4.78 is 10.9. The van der Waals surface area contributed by atoms with E-state index in [0.29, 0.717) is 18.3 Å². The third-order valence-corrected chi connectivity index (χ3v) is 4.73. The van der Waals surface area contributed by atoms with E-state index in [2.05, 4.69) is 21.5 Å². The molecule has 1 aromatic carbocycles. The van der Waals surface area contributed by atoms with Crippen LogP contribution in [-0.4, -0.2) is 34.5 Å². The summed E-state index contributed by atoms with van der Waals surface area (Å²) in [5, 5.41) is 17.9. The smallest absolute Gasteiger partial charge is 0.223 e. The van der Waals surface area contributed by atoms with E-state index in [1.165, 1.54) is 0 Å². The van der Waals surface area contributed by atoms with Crippen LogP contribution in [0.25, 0.3) is 0 Å². The Balaban J connectivity index is 1.56. The number of hydrogen-bond acceptors (Lipinski definition) is 6. The molecule has 1 aliphatic carbocycles. The van der Waals surface area contributed by atoms with Crippen LogP contribution in [0.4, 0.5) is 0 Å². The molecule has 6 heteroatoms. The predicted molar refractivity (Wildman–Crippen MR) is 94.6 cm³/mol. The molecule has 1 aliphatic rings. The van der Waals surface area contributed by atoms with Crippen molar-refractivity contribution in [3.63, 3.8) is 0 Å². The normalized spacial score (nSPS) is 17.6. The number of nitrogens with one attached hydrogen (secondary N) is 1. The van der Waals surface area contributed by atoms with Crippen LogP contribution in [0.15, 0.2) is 22.7 Å². The highest BCUT2D eigenvalue weighted by Crippen LogP contribution is 2.37. The Hall–Kier alpha value is -1.92. The Kier molecular flexibility index (Phi) is 5.39. The fourth-order valence-corrected chi connectivity index (χ4v) is 3.53. The molecule has 1 saturated carbocycles. The third kappa shape index (κ3) is 4.38. The molecule has 0 radical (unpaired) electrons. The van der Waals surface area contributed by atoms with Gasteiger partial charge in [-0.15, -0.1) is 0 Å². The molecule has 0 amide bonds. The molecule has 0 bridgehead atoms. The maximum Gasteiger partial charge on any atom is 0.223 e. The van der Waals surface area contributed by atoms with Crippen LogP contribution in [0.3, 0.4) is 0 Å². The van der Waals surface area contributed by atoms with Gasteiger partial charge in [-0.1, -0.05) is 24.1 Å². The minimum Gasteiger partial charge on any atom is -0.491 e. The second kappa shape index (κ2) is 7.54. The molecule has 0 spiro atoms. The molecule has 25 heavy (non-hydrogen) atoms. The topological polar surface area (TPSA) is 80.4 Å². The van der Waals surface area contributed by atoms with Crippen molar-refractivity contribution >= 4 is 0 Å². The van der Waals surface area contributed by atoms with Crippen LogP contribution in [0.2, 0.25) is 0 Å². The summed E-state index contributed by atoms with van der Waals surface area (Å²) in [6.45, 7) is 6.55. The monoisotopic (exact) mass is 345 g/mol. The second-order valence-corrected chi connectivity index (χ2v) is 7.10. The van der Waals surface area contributed by atoms with Crippen LogP contribution in [-0.2, 0) is 5.54 Å². The van der Waals surface area contributed by atoms with Crippen LogP contribution in [0.5, 0.6) is 5.75 Å². The Morgan fingerprint density at radius 2 is 1.88 bits per heavy atom. The zero-order chi connectivity index (χ0) is 17.9. The van der Waals surface area contributed by atoms with Crippen molar-refractivity contribution in [2.45, 2.75) is 58.1 Å². The second-order valence-electron chi connectivity index (χ2n) is 7.10. The summed E-state index contributed by atoms with van der Waals surface area (Å²) in [4.78, 5) is 4.40. The maximum atomic E-state index is 10.3. The molecule has 1 fully saturated rings. The molecular weight excluding hydrogens is 318 g/mol. The van der Waals surface area contributed by atoms with E-state index >= 15 is 0 Å². The van der Waals surface area contributed by atoms with Crippen molar-refractivity contribution in [3.05, 3.63) is 41.0 Å². The van der Waals surface area contributed by atoms with E-state index in [0.717, 1.165) is 42.6 Å². The van der Waals surface area contributed by atoms with Gasteiger partial charge in [0.15, 0.2) is 5.82 Å². The van der Waals surface area contributed by atoms with Crippen LogP contribution >= 0.6 is 0 Å². The highest BCUT2D eigenvalue weighted by atomic mass is 16.5. The van der Waals surface area contributed by atoms with Crippen LogP contribution in [0, 0.1) is 20.8 Å². The average molecular weight is 345 g/mol. The van der Waals surface area contributed by atoms with Crippen LogP contribution in [0.1, 0.15) is 48.5 Å². The molecule has 3 rings (SSSR count). The number of aliphatic hydroxyl groups excluding tert-OH is 1. The number of benzene rings is 1. The molecule has 1 heterocycles. The number of aliphatic hydroxyl groups is 1. The first-order chi connectivity index (χ1) is 12.0. The Morgan fingerprint density at radius 1 is 1.20 bits per heavy atom. The van der Waals surface area contributed by atoms with Gasteiger partial charge in [0.05, 0.1) is 5.54 Å². The van der Waals surface area contributed by atoms with Gasteiger partial charge >= 0.3 is 0 Å². The minimum absolute atomic E-state index is 0.247. The molecule has 1 unspecified atom stereocenters. The Bertz CT molecular complexity index is 687. The van der Waals surface area contributed by atoms with Gasteiger partial charge in [-0.25, -0.2) is 0 Å². The van der Waals surface area contributed by atoms with Gasteiger partial charge in [-0.05, 0) is 49.9 Å². The highest BCUT2D eigenvalue weighted by Gasteiger charge is 2.39. The van der Waals surface area contributed by atoms with Gasteiger partial charge in [0, 0.05) is 13.5 Å². The first-order valence-corrected chi connectivity index (χ1v) is 8.92. The van der Waals surface area contributed by atoms with E-state index in [4.69, 9.17) is 9.26 Å². The summed E-state index contributed by atoms with van der Waals surface area (Å²) in [7, 11) is 0. The SMILES string of the molecule is Cc1cc(C)cc(OCC(O)CNC2(c3noc(C)n3)CCCC2)c1. The van der Waals surface area contributed by atoms with Crippen molar-refractivity contribution < 1.29 is 14.4 Å². The standard InChI is InChI=1S/C19H27N3O3/c1-13-8-14(2)10-17(9-13)24-12-16(23)11-20-19(6-4-5-7-19)18-21-15(3)25-22-18/h8-10,16,20,23H,4-7,11-12H2,1-3H3. The Labute approximate surface area is 148 Å². The molecule has 0 aliphatic heterocycles. The molecule has 0 saturated heterocycles. The summed E-state index contributed by atoms with van der Waals surface area (Å²) in [5.41, 5.74) is 2.01. The summed E-state index contributed by atoms with van der Waals surface area (Å²) in [5.74, 6) is 2.06. The third-order valence-electron chi connectivity index (χ3n) is 4.73. The number of hydrogen-bond donors (Lipinski definition) is 2.